The average molecular weight is 397 g/mol. The standard InChI is InChI=1S/C18H19N7O2S/c1-11(2)25-17-15(23-24-25)8-7-12-10-20-18(22-16(12)17)21-13-5-4-6-14(9-13)28(26,27)19-3/h4-11,19H,1-3H3,(H,20,21,22). The van der Waals surface area contributed by atoms with Crippen LogP contribution in [0.1, 0.15) is 19.9 Å². The number of fused-ring (bicyclic) bond motifs is 3. The van der Waals surface area contributed by atoms with Gasteiger partial charge in [0.2, 0.25) is 16.0 Å². The van der Waals surface area contributed by atoms with E-state index in [1.54, 1.807) is 18.3 Å². The fourth-order valence-electron chi connectivity index (χ4n) is 2.93. The van der Waals surface area contributed by atoms with Crippen LogP contribution in [0.5, 0.6) is 0 Å². The van der Waals surface area contributed by atoms with Gasteiger partial charge in [-0.3, -0.25) is 0 Å². The first-order valence-corrected chi connectivity index (χ1v) is 10.2. The van der Waals surface area contributed by atoms with E-state index in [0.29, 0.717) is 11.6 Å². The van der Waals surface area contributed by atoms with Crippen LogP contribution >= 0.6 is 0 Å². The smallest absolute Gasteiger partial charge is 0.240 e. The molecule has 2 aromatic carbocycles. The number of anilines is 2. The van der Waals surface area contributed by atoms with Gasteiger partial charge in [0.15, 0.2) is 0 Å². The molecule has 4 aromatic rings. The minimum absolute atomic E-state index is 0.130. The molecule has 0 aliphatic carbocycles. The van der Waals surface area contributed by atoms with Crippen molar-refractivity contribution in [2.24, 2.45) is 0 Å². The molecule has 2 N–H and O–H groups in total. The van der Waals surface area contributed by atoms with Crippen LogP contribution in [0.2, 0.25) is 0 Å². The van der Waals surface area contributed by atoms with Gasteiger partial charge in [-0.25, -0.2) is 27.8 Å². The van der Waals surface area contributed by atoms with Crippen LogP contribution in [0, 0.1) is 0 Å². The Morgan fingerprint density at radius 2 is 1.96 bits per heavy atom. The highest BCUT2D eigenvalue weighted by Crippen LogP contribution is 2.26. The minimum Gasteiger partial charge on any atom is -0.324 e. The van der Waals surface area contributed by atoms with E-state index >= 15 is 0 Å². The van der Waals surface area contributed by atoms with E-state index in [2.05, 4.69) is 30.3 Å². The first-order valence-electron chi connectivity index (χ1n) is 8.70. The molecule has 0 aliphatic rings. The number of aromatic nitrogens is 5. The second-order valence-electron chi connectivity index (χ2n) is 6.55. The highest BCUT2D eigenvalue weighted by atomic mass is 32.2. The molecule has 0 radical (unpaired) electrons. The summed E-state index contributed by atoms with van der Waals surface area (Å²) >= 11 is 0. The highest BCUT2D eigenvalue weighted by Gasteiger charge is 2.14. The van der Waals surface area contributed by atoms with Gasteiger partial charge in [0.25, 0.3) is 0 Å². The monoisotopic (exact) mass is 397 g/mol. The number of nitrogens with one attached hydrogen (secondary N) is 2. The van der Waals surface area contributed by atoms with Crippen LogP contribution in [-0.4, -0.2) is 40.4 Å². The van der Waals surface area contributed by atoms with E-state index in [0.717, 1.165) is 21.9 Å². The van der Waals surface area contributed by atoms with Crippen LogP contribution < -0.4 is 10.0 Å². The van der Waals surface area contributed by atoms with E-state index in [1.165, 1.54) is 19.2 Å². The quantitative estimate of drug-likeness (QED) is 0.532. The molecule has 0 saturated carbocycles. The number of rotatable bonds is 5. The molecule has 0 aliphatic heterocycles. The van der Waals surface area contributed by atoms with E-state index < -0.39 is 10.0 Å². The third-order valence-corrected chi connectivity index (χ3v) is 5.75. The van der Waals surface area contributed by atoms with Crippen molar-refractivity contribution in [3.05, 3.63) is 42.6 Å². The van der Waals surface area contributed by atoms with E-state index in [-0.39, 0.29) is 10.9 Å². The molecule has 144 valence electrons. The van der Waals surface area contributed by atoms with Gasteiger partial charge in [-0.05, 0) is 51.2 Å². The van der Waals surface area contributed by atoms with Gasteiger partial charge in [-0.2, -0.15) is 0 Å². The Balaban J connectivity index is 1.79. The second-order valence-corrected chi connectivity index (χ2v) is 8.44. The lowest BCUT2D eigenvalue weighted by Gasteiger charge is -2.10. The van der Waals surface area contributed by atoms with Gasteiger partial charge >= 0.3 is 0 Å². The van der Waals surface area contributed by atoms with Crippen molar-refractivity contribution < 1.29 is 8.42 Å². The first-order chi connectivity index (χ1) is 13.4. The number of sulfonamides is 1. The molecule has 2 aromatic heterocycles. The van der Waals surface area contributed by atoms with Crippen molar-refractivity contribution in [3.63, 3.8) is 0 Å². The van der Waals surface area contributed by atoms with Crippen molar-refractivity contribution >= 4 is 43.6 Å². The summed E-state index contributed by atoms with van der Waals surface area (Å²) in [5.74, 6) is 0.357. The Kier molecular flexibility index (Phi) is 4.44. The van der Waals surface area contributed by atoms with Crippen molar-refractivity contribution in [1.29, 1.82) is 0 Å². The molecular formula is C18H19N7O2S. The maximum absolute atomic E-state index is 12.0. The summed E-state index contributed by atoms with van der Waals surface area (Å²) in [6, 6.07) is 10.4. The maximum Gasteiger partial charge on any atom is 0.240 e. The van der Waals surface area contributed by atoms with Crippen molar-refractivity contribution in [2.75, 3.05) is 12.4 Å². The van der Waals surface area contributed by atoms with Crippen molar-refractivity contribution in [1.82, 2.24) is 29.7 Å². The van der Waals surface area contributed by atoms with Crippen molar-refractivity contribution in [2.45, 2.75) is 24.8 Å². The molecule has 0 fully saturated rings. The molecule has 28 heavy (non-hydrogen) atoms. The molecular weight excluding hydrogens is 378 g/mol. The fraction of sp³-hybridized carbons (Fsp3) is 0.222. The number of hydrogen-bond acceptors (Lipinski definition) is 7. The molecule has 0 bridgehead atoms. The predicted molar refractivity (Wildman–Crippen MR) is 107 cm³/mol. The Bertz CT molecular complexity index is 1280. The summed E-state index contributed by atoms with van der Waals surface area (Å²) in [6.07, 6.45) is 1.72. The van der Waals surface area contributed by atoms with Crippen LogP contribution in [0.25, 0.3) is 21.9 Å². The van der Waals surface area contributed by atoms with E-state index in [4.69, 9.17) is 0 Å². The summed E-state index contributed by atoms with van der Waals surface area (Å²) in [4.78, 5) is 9.14. The zero-order chi connectivity index (χ0) is 19.9. The minimum atomic E-state index is -3.53. The number of hydrogen-bond donors (Lipinski definition) is 2. The normalized spacial score (nSPS) is 12.1. The summed E-state index contributed by atoms with van der Waals surface area (Å²) in [5.41, 5.74) is 2.89. The zero-order valence-corrected chi connectivity index (χ0v) is 16.4. The Morgan fingerprint density at radius 1 is 1.14 bits per heavy atom. The molecule has 0 atom stereocenters. The van der Waals surface area contributed by atoms with Crippen molar-refractivity contribution in [3.8, 4) is 0 Å². The van der Waals surface area contributed by atoms with E-state index in [9.17, 15) is 8.42 Å². The SMILES string of the molecule is CNS(=O)(=O)c1cccc(Nc2ncc3ccc4nnn(C(C)C)c4c3n2)c1. The lowest BCUT2D eigenvalue weighted by molar-refractivity contribution is 0.531. The van der Waals surface area contributed by atoms with Gasteiger partial charge in [-0.15, -0.1) is 5.10 Å². The Morgan fingerprint density at radius 3 is 2.71 bits per heavy atom. The summed E-state index contributed by atoms with van der Waals surface area (Å²) in [5, 5.41) is 12.4. The molecule has 0 saturated heterocycles. The largest absolute Gasteiger partial charge is 0.324 e. The predicted octanol–water partition coefficient (Wildman–Crippen LogP) is 2.61. The number of benzene rings is 2. The summed E-state index contributed by atoms with van der Waals surface area (Å²) < 4.78 is 28.2. The molecule has 9 nitrogen and oxygen atoms in total. The fourth-order valence-corrected chi connectivity index (χ4v) is 3.70. The van der Waals surface area contributed by atoms with Crippen LogP contribution in [0.15, 0.2) is 47.5 Å². The molecule has 10 heteroatoms. The summed E-state index contributed by atoms with van der Waals surface area (Å²) in [6.45, 7) is 4.06. The van der Waals surface area contributed by atoms with Crippen LogP contribution in [0.4, 0.5) is 11.6 Å². The molecule has 0 amide bonds. The molecule has 0 unspecified atom stereocenters. The van der Waals surface area contributed by atoms with Gasteiger partial charge in [0.1, 0.15) is 16.6 Å². The van der Waals surface area contributed by atoms with E-state index in [1.807, 2.05) is 30.7 Å². The summed E-state index contributed by atoms with van der Waals surface area (Å²) in [7, 11) is -2.16. The third-order valence-electron chi connectivity index (χ3n) is 4.34. The first kappa shape index (κ1) is 18.3. The lowest BCUT2D eigenvalue weighted by Crippen LogP contribution is -2.18. The Labute approximate surface area is 161 Å². The second kappa shape index (κ2) is 6.80. The molecule has 4 rings (SSSR count). The van der Waals surface area contributed by atoms with Gasteiger partial charge in [0, 0.05) is 23.3 Å². The van der Waals surface area contributed by atoms with Gasteiger partial charge < -0.3 is 5.32 Å². The zero-order valence-electron chi connectivity index (χ0n) is 15.6. The van der Waals surface area contributed by atoms with Crippen LogP contribution in [0.3, 0.4) is 0 Å². The Hall–Kier alpha value is -3.11. The molecule has 0 spiro atoms. The average Bonchev–Trinajstić information content (AvgIpc) is 3.13. The van der Waals surface area contributed by atoms with Gasteiger partial charge in [-0.1, -0.05) is 11.3 Å². The topological polar surface area (TPSA) is 115 Å². The van der Waals surface area contributed by atoms with Crippen LogP contribution in [-0.2, 0) is 10.0 Å². The molecule has 2 heterocycles. The highest BCUT2D eigenvalue weighted by molar-refractivity contribution is 7.89. The van der Waals surface area contributed by atoms with Gasteiger partial charge in [0.05, 0.1) is 4.90 Å². The maximum atomic E-state index is 12.0. The third kappa shape index (κ3) is 3.16. The lowest BCUT2D eigenvalue weighted by atomic mass is 10.2. The number of nitrogens with zero attached hydrogens (tertiary/aromatic N) is 5.